The summed E-state index contributed by atoms with van der Waals surface area (Å²) < 4.78 is 37.3. The van der Waals surface area contributed by atoms with E-state index in [1.807, 2.05) is 0 Å². The molecule has 1 N–H and O–H groups in total. The van der Waals surface area contributed by atoms with Gasteiger partial charge in [-0.1, -0.05) is 0 Å². The highest BCUT2D eigenvalue weighted by atomic mass is 32.2. The van der Waals surface area contributed by atoms with Gasteiger partial charge in [0, 0.05) is 16.7 Å². The summed E-state index contributed by atoms with van der Waals surface area (Å²) in [5.74, 6) is -0.596. The van der Waals surface area contributed by atoms with Gasteiger partial charge < -0.3 is 10.0 Å². The standard InChI is InChI=1S/C17H14F3N3O3S.3FH/c1-10-15(25)23(12-2-4-13(5-3-12)27-17(18,19)20)16(26)22(10)9-11-6-7-21-8-14(11)24;;;/h2-8,10,24H,9H2,1H3;3*1H/t10-;;;/m1.../s1. The molecule has 166 valence electrons. The van der Waals surface area contributed by atoms with Gasteiger partial charge in [0.2, 0.25) is 0 Å². The fraction of sp³-hybridized carbons (Fsp3) is 0.235. The second-order valence-corrected chi connectivity index (χ2v) is 6.94. The third kappa shape index (κ3) is 5.55. The van der Waals surface area contributed by atoms with E-state index in [1.165, 1.54) is 47.6 Å². The number of pyridine rings is 1. The van der Waals surface area contributed by atoms with Gasteiger partial charge in [0.05, 0.1) is 18.4 Å². The highest BCUT2D eigenvalue weighted by Gasteiger charge is 2.43. The quantitative estimate of drug-likeness (QED) is 0.423. The summed E-state index contributed by atoms with van der Waals surface area (Å²) in [4.78, 5) is 31.1. The van der Waals surface area contributed by atoms with Crippen molar-refractivity contribution < 1.29 is 42.0 Å². The molecule has 0 radical (unpaired) electrons. The summed E-state index contributed by atoms with van der Waals surface area (Å²) in [6.45, 7) is 1.55. The van der Waals surface area contributed by atoms with E-state index in [1.54, 1.807) is 6.92 Å². The van der Waals surface area contributed by atoms with E-state index in [4.69, 9.17) is 0 Å². The SMILES string of the molecule is C[C@@H]1C(=O)N(c2ccc(SC(F)(F)F)cc2)C(=O)N1Cc1ccncc1O.F.F.F. The van der Waals surface area contributed by atoms with Gasteiger partial charge in [-0.15, -0.1) is 0 Å². The van der Waals surface area contributed by atoms with E-state index in [2.05, 4.69) is 4.98 Å². The second-order valence-electron chi connectivity index (χ2n) is 5.81. The molecule has 0 saturated carbocycles. The number of anilines is 1. The van der Waals surface area contributed by atoms with Crippen LogP contribution in [0.1, 0.15) is 12.5 Å². The Bertz CT molecular complexity index is 882. The minimum atomic E-state index is -4.42. The lowest BCUT2D eigenvalue weighted by Gasteiger charge is -2.19. The molecule has 1 aliphatic rings. The molecule has 1 aromatic heterocycles. The number of amides is 3. The Morgan fingerprint density at radius 3 is 2.23 bits per heavy atom. The fourth-order valence-electron chi connectivity index (χ4n) is 2.68. The first-order valence-electron chi connectivity index (χ1n) is 7.79. The molecule has 0 spiro atoms. The van der Waals surface area contributed by atoms with Crippen LogP contribution in [0.15, 0.2) is 47.6 Å². The Kier molecular flexibility index (Phi) is 9.18. The second kappa shape index (κ2) is 10.2. The summed E-state index contributed by atoms with van der Waals surface area (Å²) in [5.41, 5.74) is -3.81. The average molecular weight is 457 g/mol. The lowest BCUT2D eigenvalue weighted by molar-refractivity contribution is -0.119. The maximum Gasteiger partial charge on any atom is 0.446 e. The zero-order chi connectivity index (χ0) is 19.8. The Labute approximate surface area is 170 Å². The molecule has 30 heavy (non-hydrogen) atoms. The van der Waals surface area contributed by atoms with Crippen molar-refractivity contribution >= 4 is 29.4 Å². The number of carbonyl (C=O) groups excluding carboxylic acids is 2. The molecule has 1 fully saturated rings. The van der Waals surface area contributed by atoms with Crippen LogP contribution in [0.3, 0.4) is 0 Å². The Morgan fingerprint density at radius 1 is 1.10 bits per heavy atom. The Balaban J connectivity index is 0.00000280. The van der Waals surface area contributed by atoms with Crippen LogP contribution in [0.25, 0.3) is 0 Å². The van der Waals surface area contributed by atoms with Crippen molar-refractivity contribution in [2.24, 2.45) is 0 Å². The first-order chi connectivity index (χ1) is 12.7. The summed E-state index contributed by atoms with van der Waals surface area (Å²) in [6, 6.07) is 5.14. The minimum Gasteiger partial charge on any atom is -0.506 e. The number of halogens is 6. The third-order valence-electron chi connectivity index (χ3n) is 4.04. The number of thioether (sulfide) groups is 1. The smallest absolute Gasteiger partial charge is 0.446 e. The fourth-order valence-corrected chi connectivity index (χ4v) is 3.22. The number of aromatic nitrogens is 1. The normalized spacial score (nSPS) is 15.9. The van der Waals surface area contributed by atoms with Crippen molar-refractivity contribution in [1.29, 1.82) is 0 Å². The van der Waals surface area contributed by atoms with Crippen molar-refractivity contribution in [2.45, 2.75) is 29.9 Å². The Morgan fingerprint density at radius 2 is 1.70 bits per heavy atom. The van der Waals surface area contributed by atoms with E-state index < -0.39 is 23.5 Å². The van der Waals surface area contributed by atoms with E-state index in [0.717, 1.165) is 4.90 Å². The number of benzene rings is 1. The minimum absolute atomic E-state index is 0. The maximum atomic E-state index is 12.7. The molecule has 3 rings (SSSR count). The van der Waals surface area contributed by atoms with Crippen molar-refractivity contribution in [3.05, 3.63) is 48.3 Å². The van der Waals surface area contributed by atoms with Crippen molar-refractivity contribution in [3.8, 4) is 5.75 Å². The number of aromatic hydroxyl groups is 1. The molecule has 13 heteroatoms. The number of carbonyl (C=O) groups is 2. The molecular formula is C17H17F6N3O3S. The number of imide groups is 1. The van der Waals surface area contributed by atoms with Gasteiger partial charge in [-0.25, -0.2) is 9.69 Å². The summed E-state index contributed by atoms with van der Waals surface area (Å²) >= 11 is -0.274. The molecule has 0 aliphatic carbocycles. The average Bonchev–Trinajstić information content (AvgIpc) is 2.80. The largest absolute Gasteiger partial charge is 0.506 e. The maximum absolute atomic E-state index is 12.7. The van der Waals surface area contributed by atoms with Crippen molar-refractivity contribution in [3.63, 3.8) is 0 Å². The van der Waals surface area contributed by atoms with E-state index in [-0.39, 0.29) is 48.8 Å². The molecular weight excluding hydrogens is 440 g/mol. The monoisotopic (exact) mass is 457 g/mol. The molecule has 6 nitrogen and oxygen atoms in total. The summed E-state index contributed by atoms with van der Waals surface area (Å²) in [7, 11) is 0. The van der Waals surface area contributed by atoms with Crippen LogP contribution in [0, 0.1) is 0 Å². The van der Waals surface area contributed by atoms with Gasteiger partial charge in [0.1, 0.15) is 11.8 Å². The number of nitrogens with zero attached hydrogens (tertiary/aromatic N) is 3. The van der Waals surface area contributed by atoms with E-state index >= 15 is 0 Å². The first kappa shape index (κ1) is 27.0. The predicted molar refractivity (Wildman–Crippen MR) is 99.7 cm³/mol. The van der Waals surface area contributed by atoms with Gasteiger partial charge in [0.15, 0.2) is 0 Å². The molecule has 2 aromatic rings. The molecule has 1 atom stereocenters. The topological polar surface area (TPSA) is 73.7 Å². The van der Waals surface area contributed by atoms with Crippen LogP contribution in [0.2, 0.25) is 0 Å². The number of alkyl halides is 3. The van der Waals surface area contributed by atoms with Gasteiger partial charge in [0.25, 0.3) is 5.91 Å². The summed E-state index contributed by atoms with van der Waals surface area (Å²) in [5, 5.41) is 9.82. The van der Waals surface area contributed by atoms with Crippen molar-refractivity contribution in [1.82, 2.24) is 9.88 Å². The van der Waals surface area contributed by atoms with E-state index in [0.29, 0.717) is 5.56 Å². The molecule has 1 aliphatic heterocycles. The molecule has 2 heterocycles. The highest BCUT2D eigenvalue weighted by molar-refractivity contribution is 8.00. The molecule has 1 aromatic carbocycles. The summed E-state index contributed by atoms with van der Waals surface area (Å²) in [6.07, 6.45) is 2.69. The number of rotatable bonds is 4. The van der Waals surface area contributed by atoms with Gasteiger partial charge in [-0.05, 0) is 49.0 Å². The number of hydrogen-bond donors (Lipinski definition) is 1. The van der Waals surface area contributed by atoms with Crippen LogP contribution in [-0.4, -0.2) is 38.5 Å². The van der Waals surface area contributed by atoms with Crippen LogP contribution < -0.4 is 4.90 Å². The number of hydrogen-bond acceptors (Lipinski definition) is 5. The zero-order valence-corrected chi connectivity index (χ0v) is 16.0. The molecule has 3 amide bonds. The van der Waals surface area contributed by atoms with E-state index in [9.17, 15) is 27.9 Å². The van der Waals surface area contributed by atoms with Gasteiger partial charge in [-0.3, -0.25) is 23.9 Å². The molecule has 1 saturated heterocycles. The van der Waals surface area contributed by atoms with Crippen LogP contribution in [-0.2, 0) is 11.3 Å². The zero-order valence-electron chi connectivity index (χ0n) is 15.2. The molecule has 0 bridgehead atoms. The lowest BCUT2D eigenvalue weighted by atomic mass is 10.2. The predicted octanol–water partition coefficient (Wildman–Crippen LogP) is 4.21. The van der Waals surface area contributed by atoms with Gasteiger partial charge in [-0.2, -0.15) is 13.2 Å². The Hall–Kier alpha value is -2.96. The van der Waals surface area contributed by atoms with Crippen LogP contribution in [0.5, 0.6) is 5.75 Å². The third-order valence-corrected chi connectivity index (χ3v) is 4.78. The number of urea groups is 1. The highest BCUT2D eigenvalue weighted by Crippen LogP contribution is 2.38. The van der Waals surface area contributed by atoms with Crippen molar-refractivity contribution in [2.75, 3.05) is 4.90 Å². The van der Waals surface area contributed by atoms with Crippen LogP contribution >= 0.6 is 11.8 Å². The molecule has 0 unspecified atom stereocenters. The van der Waals surface area contributed by atoms with Crippen LogP contribution in [0.4, 0.5) is 37.8 Å². The van der Waals surface area contributed by atoms with Gasteiger partial charge >= 0.3 is 11.5 Å². The first-order valence-corrected chi connectivity index (χ1v) is 8.61. The lowest BCUT2D eigenvalue weighted by Crippen LogP contribution is -2.33.